The van der Waals surface area contributed by atoms with Crippen LogP contribution in [0.15, 0.2) is 70.0 Å². The van der Waals surface area contributed by atoms with Crippen molar-refractivity contribution in [2.75, 3.05) is 11.9 Å². The van der Waals surface area contributed by atoms with E-state index in [4.69, 9.17) is 4.74 Å². The number of carbonyl (C=O) groups excluding carboxylic acids is 3. The number of fused-ring (bicyclic) bond motifs is 1. The average Bonchev–Trinajstić information content (AvgIpc) is 3.04. The van der Waals surface area contributed by atoms with Gasteiger partial charge in [-0.1, -0.05) is 34.1 Å². The molecule has 1 fully saturated rings. The Kier molecular flexibility index (Phi) is 5.87. The number of imide groups is 1. The summed E-state index contributed by atoms with van der Waals surface area (Å²) in [4.78, 5) is 35.4. The minimum atomic E-state index is -0.379. The molecule has 0 atom stereocenters. The number of amides is 3. The smallest absolute Gasteiger partial charge is 0.290 e. The molecule has 0 aliphatic carbocycles. The number of nitrogens with one attached hydrogen (secondary N) is 2. The number of hydrogen-bond acceptors (Lipinski definition) is 5. The first kappa shape index (κ1) is 20.2. The Morgan fingerprint density at radius 2 is 1.77 bits per heavy atom. The van der Waals surface area contributed by atoms with Gasteiger partial charge in [0.15, 0.2) is 6.61 Å². The second-order valence-corrected chi connectivity index (χ2v) is 8.39. The fourth-order valence-electron chi connectivity index (χ4n) is 2.87. The molecular weight excluding hydrogens is 468 g/mol. The zero-order valence-electron chi connectivity index (χ0n) is 15.5. The molecule has 1 saturated heterocycles. The number of benzene rings is 3. The van der Waals surface area contributed by atoms with Crippen molar-refractivity contribution in [3.05, 3.63) is 75.6 Å². The Hall–Kier alpha value is -3.10. The number of ether oxygens (including phenoxy) is 1. The molecule has 0 radical (unpaired) electrons. The van der Waals surface area contributed by atoms with Gasteiger partial charge in [0, 0.05) is 10.2 Å². The van der Waals surface area contributed by atoms with E-state index in [0.717, 1.165) is 32.6 Å². The van der Waals surface area contributed by atoms with Crippen LogP contribution in [0.4, 0.5) is 10.5 Å². The molecule has 0 spiro atoms. The van der Waals surface area contributed by atoms with E-state index in [1.54, 1.807) is 24.3 Å². The van der Waals surface area contributed by atoms with Crippen LogP contribution >= 0.6 is 27.7 Å². The van der Waals surface area contributed by atoms with Crippen molar-refractivity contribution >= 4 is 67.3 Å². The molecule has 1 aliphatic heterocycles. The second kappa shape index (κ2) is 8.73. The van der Waals surface area contributed by atoms with Crippen LogP contribution in [0, 0.1) is 0 Å². The highest BCUT2D eigenvalue weighted by molar-refractivity contribution is 9.10. The molecule has 3 aromatic carbocycles. The second-order valence-electron chi connectivity index (χ2n) is 6.46. The highest BCUT2D eigenvalue weighted by Gasteiger charge is 2.24. The van der Waals surface area contributed by atoms with Crippen molar-refractivity contribution in [1.82, 2.24) is 5.32 Å². The summed E-state index contributed by atoms with van der Waals surface area (Å²) in [6.45, 7) is -0.105. The van der Waals surface area contributed by atoms with Gasteiger partial charge in [-0.05, 0) is 76.6 Å². The van der Waals surface area contributed by atoms with E-state index in [1.807, 2.05) is 42.5 Å². The summed E-state index contributed by atoms with van der Waals surface area (Å²) in [5, 5.41) is 6.53. The van der Waals surface area contributed by atoms with E-state index in [-0.39, 0.29) is 23.7 Å². The lowest BCUT2D eigenvalue weighted by molar-refractivity contribution is -0.118. The highest BCUT2D eigenvalue weighted by atomic mass is 79.9. The highest BCUT2D eigenvalue weighted by Crippen LogP contribution is 2.28. The first-order valence-electron chi connectivity index (χ1n) is 8.93. The summed E-state index contributed by atoms with van der Waals surface area (Å²) in [5.74, 6) is -0.0487. The molecule has 0 aromatic heterocycles. The van der Waals surface area contributed by atoms with Gasteiger partial charge in [0.25, 0.3) is 17.1 Å². The third-order valence-electron chi connectivity index (χ3n) is 4.27. The lowest BCUT2D eigenvalue weighted by atomic mass is 10.1. The molecule has 3 amide bonds. The summed E-state index contributed by atoms with van der Waals surface area (Å²) in [6.07, 6.45) is 1.68. The van der Waals surface area contributed by atoms with E-state index < -0.39 is 0 Å². The predicted octanol–water partition coefficient (Wildman–Crippen LogP) is 4.94. The van der Waals surface area contributed by atoms with Crippen molar-refractivity contribution in [2.24, 2.45) is 0 Å². The molecule has 0 unspecified atom stereocenters. The molecule has 1 aliphatic rings. The molecule has 1 heterocycles. The van der Waals surface area contributed by atoms with Crippen molar-refractivity contribution in [3.8, 4) is 5.75 Å². The van der Waals surface area contributed by atoms with E-state index in [0.29, 0.717) is 16.3 Å². The SMILES string of the molecule is O=C(COc1ccc2cc(/C=C3/SC(=O)NC3=O)ccc2c1)Nc1ccc(Br)cc1. The summed E-state index contributed by atoms with van der Waals surface area (Å²) in [7, 11) is 0. The summed E-state index contributed by atoms with van der Waals surface area (Å²) in [5.41, 5.74) is 1.51. The van der Waals surface area contributed by atoms with Gasteiger partial charge in [0.05, 0.1) is 4.91 Å². The minimum Gasteiger partial charge on any atom is -0.484 e. The van der Waals surface area contributed by atoms with Gasteiger partial charge in [-0.25, -0.2) is 0 Å². The normalized spacial score (nSPS) is 14.8. The van der Waals surface area contributed by atoms with Gasteiger partial charge >= 0.3 is 0 Å². The average molecular weight is 483 g/mol. The third kappa shape index (κ3) is 4.90. The van der Waals surface area contributed by atoms with Gasteiger partial charge in [0.2, 0.25) is 0 Å². The largest absolute Gasteiger partial charge is 0.484 e. The number of thioether (sulfide) groups is 1. The zero-order chi connectivity index (χ0) is 21.1. The van der Waals surface area contributed by atoms with Gasteiger partial charge in [-0.15, -0.1) is 0 Å². The third-order valence-corrected chi connectivity index (χ3v) is 5.61. The Bertz CT molecular complexity index is 1190. The van der Waals surface area contributed by atoms with E-state index in [9.17, 15) is 14.4 Å². The first-order chi connectivity index (χ1) is 14.5. The van der Waals surface area contributed by atoms with Gasteiger partial charge in [-0.2, -0.15) is 0 Å². The number of rotatable bonds is 5. The molecule has 6 nitrogen and oxygen atoms in total. The summed E-state index contributed by atoms with van der Waals surface area (Å²) in [6, 6.07) is 18.5. The fourth-order valence-corrected chi connectivity index (χ4v) is 3.82. The lowest BCUT2D eigenvalue weighted by Gasteiger charge is -2.09. The van der Waals surface area contributed by atoms with E-state index in [1.165, 1.54) is 0 Å². The number of anilines is 1. The molecule has 30 heavy (non-hydrogen) atoms. The van der Waals surface area contributed by atoms with Gasteiger partial charge in [0.1, 0.15) is 5.75 Å². The Morgan fingerprint density at radius 3 is 2.50 bits per heavy atom. The van der Waals surface area contributed by atoms with E-state index in [2.05, 4.69) is 26.6 Å². The Balaban J connectivity index is 1.41. The summed E-state index contributed by atoms with van der Waals surface area (Å²) < 4.78 is 6.54. The van der Waals surface area contributed by atoms with Crippen LogP contribution in [0.3, 0.4) is 0 Å². The van der Waals surface area contributed by atoms with Crippen molar-refractivity contribution in [3.63, 3.8) is 0 Å². The summed E-state index contributed by atoms with van der Waals surface area (Å²) >= 11 is 4.24. The van der Waals surface area contributed by atoms with Crippen LogP contribution in [0.2, 0.25) is 0 Å². The molecule has 4 rings (SSSR count). The number of halogens is 1. The topological polar surface area (TPSA) is 84.5 Å². The molecular formula is C22H15BrN2O4S. The predicted molar refractivity (Wildman–Crippen MR) is 121 cm³/mol. The van der Waals surface area contributed by atoms with Crippen LogP contribution in [0.5, 0.6) is 5.75 Å². The van der Waals surface area contributed by atoms with Crippen LogP contribution in [0.25, 0.3) is 16.8 Å². The van der Waals surface area contributed by atoms with Crippen LogP contribution < -0.4 is 15.4 Å². The van der Waals surface area contributed by atoms with Crippen molar-refractivity contribution in [2.45, 2.75) is 0 Å². The minimum absolute atomic E-state index is 0.105. The standard InChI is InChI=1S/C22H15BrN2O4S/c23-16-4-6-17(7-5-16)24-20(26)12-29-18-8-3-14-9-13(1-2-15(14)11-18)10-19-21(27)25-22(28)30-19/h1-11H,12H2,(H,24,26)(H,25,27,28)/b19-10+. The molecule has 2 N–H and O–H groups in total. The maximum Gasteiger partial charge on any atom is 0.290 e. The number of carbonyl (C=O) groups is 3. The quantitative estimate of drug-likeness (QED) is 0.502. The molecule has 150 valence electrons. The van der Waals surface area contributed by atoms with Crippen molar-refractivity contribution < 1.29 is 19.1 Å². The first-order valence-corrected chi connectivity index (χ1v) is 10.5. The maximum atomic E-state index is 12.1. The van der Waals surface area contributed by atoms with E-state index >= 15 is 0 Å². The van der Waals surface area contributed by atoms with Gasteiger partial charge in [-0.3, -0.25) is 19.7 Å². The molecule has 0 bridgehead atoms. The lowest BCUT2D eigenvalue weighted by Crippen LogP contribution is -2.20. The van der Waals surface area contributed by atoms with Gasteiger partial charge < -0.3 is 10.1 Å². The molecule has 0 saturated carbocycles. The Labute approximate surface area is 184 Å². The fraction of sp³-hybridized carbons (Fsp3) is 0.0455. The Morgan fingerprint density at radius 1 is 1.03 bits per heavy atom. The maximum absolute atomic E-state index is 12.1. The van der Waals surface area contributed by atoms with Crippen LogP contribution in [-0.4, -0.2) is 23.7 Å². The van der Waals surface area contributed by atoms with Crippen molar-refractivity contribution in [1.29, 1.82) is 0 Å². The van der Waals surface area contributed by atoms with Crippen LogP contribution in [-0.2, 0) is 9.59 Å². The monoisotopic (exact) mass is 482 g/mol. The zero-order valence-corrected chi connectivity index (χ0v) is 17.9. The molecule has 8 heteroatoms. The van der Waals surface area contributed by atoms with Crippen LogP contribution in [0.1, 0.15) is 5.56 Å². The number of hydrogen-bond donors (Lipinski definition) is 2. The molecule has 3 aromatic rings.